The summed E-state index contributed by atoms with van der Waals surface area (Å²) in [5.41, 5.74) is 0.104. The van der Waals surface area contributed by atoms with Gasteiger partial charge in [-0.2, -0.15) is 28.2 Å². The average Bonchev–Trinajstić information content (AvgIpc) is 3.50. The van der Waals surface area contributed by atoms with E-state index in [1.807, 2.05) is 17.9 Å². The number of likely N-dealkylation sites (tertiary alicyclic amines) is 1. The number of benzene rings is 1. The van der Waals surface area contributed by atoms with E-state index >= 15 is 0 Å². The van der Waals surface area contributed by atoms with Crippen LogP contribution in [-0.4, -0.2) is 49.0 Å². The minimum atomic E-state index is -4.50. The van der Waals surface area contributed by atoms with Gasteiger partial charge in [0, 0.05) is 6.04 Å². The van der Waals surface area contributed by atoms with Crippen molar-refractivity contribution < 1.29 is 22.7 Å². The van der Waals surface area contributed by atoms with Crippen molar-refractivity contribution in [3.8, 4) is 11.4 Å². The maximum atomic E-state index is 13.6. The second-order valence-corrected chi connectivity index (χ2v) is 8.12. The van der Waals surface area contributed by atoms with Gasteiger partial charge in [-0.1, -0.05) is 12.1 Å². The topological polar surface area (TPSA) is 73.1 Å². The van der Waals surface area contributed by atoms with E-state index in [4.69, 9.17) is 4.74 Å². The van der Waals surface area contributed by atoms with Gasteiger partial charge in [0.05, 0.1) is 35.9 Å². The minimum absolute atomic E-state index is 0.0247. The Morgan fingerprint density at radius 3 is 2.50 bits per heavy atom. The molecular weight excluding hydrogens is 423 g/mol. The Morgan fingerprint density at radius 2 is 1.84 bits per heavy atom. The summed E-state index contributed by atoms with van der Waals surface area (Å²) in [5, 5.41) is 8.28. The van der Waals surface area contributed by atoms with Gasteiger partial charge in [-0.15, -0.1) is 0 Å². The number of fused-ring (bicyclic) bond motifs is 2. The summed E-state index contributed by atoms with van der Waals surface area (Å²) in [7, 11) is 0. The maximum absolute atomic E-state index is 13.6. The maximum Gasteiger partial charge on any atom is 0.433 e. The molecule has 2 aromatic heterocycles. The van der Waals surface area contributed by atoms with Crippen molar-refractivity contribution >= 4 is 5.91 Å². The molecule has 4 atom stereocenters. The van der Waals surface area contributed by atoms with E-state index in [2.05, 4.69) is 15.2 Å². The Bertz CT molecular complexity index is 1120. The number of amides is 1. The summed E-state index contributed by atoms with van der Waals surface area (Å²) in [6.07, 6.45) is 0.887. The Kier molecular flexibility index (Phi) is 4.87. The Labute approximate surface area is 181 Å². The van der Waals surface area contributed by atoms with Crippen molar-refractivity contribution in [1.29, 1.82) is 0 Å². The quantitative estimate of drug-likeness (QED) is 0.614. The van der Waals surface area contributed by atoms with E-state index < -0.39 is 11.9 Å². The van der Waals surface area contributed by atoms with Gasteiger partial charge in [0.2, 0.25) is 0 Å². The van der Waals surface area contributed by atoms with Gasteiger partial charge in [-0.25, -0.2) is 4.98 Å². The predicted octanol–water partition coefficient (Wildman–Crippen LogP) is 3.75. The predicted molar refractivity (Wildman–Crippen MR) is 107 cm³/mol. The molecule has 10 heteroatoms. The minimum Gasteiger partial charge on any atom is -0.487 e. The molecule has 3 aromatic rings. The highest BCUT2D eigenvalue weighted by molar-refractivity contribution is 5.98. The standard InChI is InChI=1S/C22H20F3N5O2/c1-13-14-10-18(19(11-14)32-15-6-7-20(26-12-15)22(23,24)25)29(13)21(31)16-4-2-3-5-17(16)30-27-8-9-28-30/h2-9,12-14,18-19H,10-11H2,1H3/t13-,14-,18+,19-/m1/s1. The molecule has 2 fully saturated rings. The highest BCUT2D eigenvalue weighted by atomic mass is 19.4. The molecule has 0 radical (unpaired) electrons. The molecule has 0 unspecified atom stereocenters. The number of aromatic nitrogens is 4. The number of alkyl halides is 3. The lowest BCUT2D eigenvalue weighted by Gasteiger charge is -2.38. The molecule has 0 spiro atoms. The number of pyridine rings is 1. The zero-order chi connectivity index (χ0) is 22.5. The molecule has 1 saturated carbocycles. The van der Waals surface area contributed by atoms with Gasteiger partial charge in [-0.3, -0.25) is 4.79 Å². The third-order valence-corrected chi connectivity index (χ3v) is 6.30. The van der Waals surface area contributed by atoms with Crippen molar-refractivity contribution in [2.24, 2.45) is 5.92 Å². The van der Waals surface area contributed by atoms with Crippen LogP contribution in [0.25, 0.3) is 5.69 Å². The summed E-state index contributed by atoms with van der Waals surface area (Å²) < 4.78 is 44.3. The van der Waals surface area contributed by atoms with Crippen LogP contribution in [0.3, 0.4) is 0 Å². The van der Waals surface area contributed by atoms with Crippen LogP contribution < -0.4 is 4.74 Å². The molecule has 2 bridgehead atoms. The molecule has 32 heavy (non-hydrogen) atoms. The van der Waals surface area contributed by atoms with Gasteiger partial charge >= 0.3 is 6.18 Å². The highest BCUT2D eigenvalue weighted by Gasteiger charge is 2.52. The number of halogens is 3. The second-order valence-electron chi connectivity index (χ2n) is 8.12. The monoisotopic (exact) mass is 443 g/mol. The lowest BCUT2D eigenvalue weighted by atomic mass is 9.98. The molecule has 2 aliphatic rings. The van der Waals surface area contributed by atoms with E-state index in [0.29, 0.717) is 11.3 Å². The van der Waals surface area contributed by atoms with E-state index in [0.717, 1.165) is 25.1 Å². The first-order valence-electron chi connectivity index (χ1n) is 10.3. The van der Waals surface area contributed by atoms with Crippen LogP contribution >= 0.6 is 0 Å². The van der Waals surface area contributed by atoms with Crippen LogP contribution in [0, 0.1) is 5.92 Å². The molecule has 1 aromatic carbocycles. The smallest absolute Gasteiger partial charge is 0.433 e. The van der Waals surface area contributed by atoms with Gasteiger partial charge in [0.15, 0.2) is 0 Å². The number of ether oxygens (including phenoxy) is 1. The third kappa shape index (κ3) is 3.49. The van der Waals surface area contributed by atoms with Crippen molar-refractivity contribution in [2.45, 2.75) is 44.1 Å². The fourth-order valence-electron chi connectivity index (χ4n) is 4.79. The second kappa shape index (κ2) is 7.61. The van der Waals surface area contributed by atoms with Crippen molar-refractivity contribution in [2.75, 3.05) is 0 Å². The number of rotatable bonds is 4. The summed E-state index contributed by atoms with van der Waals surface area (Å²) in [6.45, 7) is 2.02. The molecule has 1 aliphatic heterocycles. The Balaban J connectivity index is 1.38. The van der Waals surface area contributed by atoms with Crippen LogP contribution in [0.1, 0.15) is 35.8 Å². The number of para-hydroxylation sites is 1. The highest BCUT2D eigenvalue weighted by Crippen LogP contribution is 2.45. The summed E-state index contributed by atoms with van der Waals surface area (Å²) in [5.74, 6) is 0.375. The molecule has 7 nitrogen and oxygen atoms in total. The van der Waals surface area contributed by atoms with E-state index in [9.17, 15) is 18.0 Å². The molecule has 166 valence electrons. The van der Waals surface area contributed by atoms with E-state index in [1.165, 1.54) is 10.9 Å². The number of nitrogens with zero attached hydrogens (tertiary/aromatic N) is 5. The number of hydrogen-bond acceptors (Lipinski definition) is 5. The summed E-state index contributed by atoms with van der Waals surface area (Å²) in [4.78, 5) is 20.3. The molecular formula is C22H20F3N5O2. The fraction of sp³-hybridized carbons (Fsp3) is 0.364. The fourth-order valence-corrected chi connectivity index (χ4v) is 4.79. The Hall–Kier alpha value is -3.43. The number of carbonyl (C=O) groups excluding carboxylic acids is 1. The molecule has 1 aliphatic carbocycles. The van der Waals surface area contributed by atoms with Gasteiger partial charge in [-0.05, 0) is 49.9 Å². The average molecular weight is 443 g/mol. The Morgan fingerprint density at radius 1 is 1.09 bits per heavy atom. The van der Waals surface area contributed by atoms with Crippen molar-refractivity contribution in [3.05, 3.63) is 66.2 Å². The van der Waals surface area contributed by atoms with E-state index in [-0.39, 0.29) is 35.8 Å². The lowest BCUT2D eigenvalue weighted by molar-refractivity contribution is -0.141. The SMILES string of the molecule is C[C@@H]1[C@H]2C[C@@H](Oc3ccc(C(F)(F)F)nc3)[C@H](C2)N1C(=O)c1ccccc1-n1nccn1. The number of piperidine rings is 1. The van der Waals surface area contributed by atoms with Crippen molar-refractivity contribution in [1.82, 2.24) is 24.9 Å². The normalized spacial score (nSPS) is 24.7. The summed E-state index contributed by atoms with van der Waals surface area (Å²) in [6, 6.07) is 9.17. The molecule has 0 N–H and O–H groups in total. The first kappa shape index (κ1) is 20.5. The van der Waals surface area contributed by atoms with Crippen LogP contribution in [-0.2, 0) is 6.18 Å². The molecule has 3 heterocycles. The molecule has 5 rings (SSSR count). The number of carbonyl (C=O) groups is 1. The lowest BCUT2D eigenvalue weighted by Crippen LogP contribution is -2.51. The number of hydrogen-bond donors (Lipinski definition) is 0. The van der Waals surface area contributed by atoms with Crippen LogP contribution in [0.2, 0.25) is 0 Å². The van der Waals surface area contributed by atoms with Crippen LogP contribution in [0.15, 0.2) is 55.0 Å². The first-order valence-corrected chi connectivity index (χ1v) is 10.3. The largest absolute Gasteiger partial charge is 0.487 e. The zero-order valence-electron chi connectivity index (χ0n) is 17.1. The summed E-state index contributed by atoms with van der Waals surface area (Å²) >= 11 is 0. The molecule has 1 amide bonds. The first-order chi connectivity index (χ1) is 15.3. The van der Waals surface area contributed by atoms with Gasteiger partial charge in [0.25, 0.3) is 5.91 Å². The third-order valence-electron chi connectivity index (χ3n) is 6.30. The van der Waals surface area contributed by atoms with Crippen LogP contribution in [0.4, 0.5) is 13.2 Å². The van der Waals surface area contributed by atoms with Gasteiger partial charge < -0.3 is 9.64 Å². The zero-order valence-corrected chi connectivity index (χ0v) is 17.1. The van der Waals surface area contributed by atoms with Crippen molar-refractivity contribution in [3.63, 3.8) is 0 Å². The molecule has 1 saturated heterocycles. The van der Waals surface area contributed by atoms with Crippen LogP contribution in [0.5, 0.6) is 5.75 Å². The van der Waals surface area contributed by atoms with E-state index in [1.54, 1.807) is 30.6 Å². The van der Waals surface area contributed by atoms with Gasteiger partial charge in [0.1, 0.15) is 17.5 Å².